The highest BCUT2D eigenvalue weighted by Gasteiger charge is 2.03. The molecule has 0 saturated heterocycles. The second-order valence-electron chi connectivity index (χ2n) is 3.48. The number of hydrogen-bond acceptors (Lipinski definition) is 2. The van der Waals surface area contributed by atoms with Crippen molar-refractivity contribution in [2.75, 3.05) is 5.32 Å². The number of aldehydes is 1. The molecule has 2 aromatic rings. The fraction of sp³-hybridized carbons (Fsp3) is 0. The van der Waals surface area contributed by atoms with Crippen LogP contribution in [0.15, 0.2) is 46.9 Å². The quantitative estimate of drug-likeness (QED) is 0.862. The van der Waals surface area contributed by atoms with E-state index in [4.69, 9.17) is 0 Å². The van der Waals surface area contributed by atoms with Crippen molar-refractivity contribution >= 4 is 33.6 Å². The molecule has 0 heterocycles. The molecule has 4 heteroatoms. The predicted octanol–water partition coefficient (Wildman–Crippen LogP) is 4.14. The zero-order valence-electron chi connectivity index (χ0n) is 8.78. The van der Waals surface area contributed by atoms with E-state index in [1.54, 1.807) is 30.3 Å². The minimum atomic E-state index is -0.291. The number of rotatable bonds is 3. The molecule has 0 aliphatic heterocycles. The van der Waals surface area contributed by atoms with Gasteiger partial charge in [-0.15, -0.1) is 0 Å². The summed E-state index contributed by atoms with van der Waals surface area (Å²) in [4.78, 5) is 10.9. The lowest BCUT2D eigenvalue weighted by atomic mass is 10.2. The van der Waals surface area contributed by atoms with Crippen molar-refractivity contribution in [1.29, 1.82) is 0 Å². The van der Waals surface area contributed by atoms with Crippen molar-refractivity contribution in [3.63, 3.8) is 0 Å². The molecular formula is C13H9BrFNO. The Labute approximate surface area is 107 Å². The Bertz CT molecular complexity index is 540. The van der Waals surface area contributed by atoms with Crippen LogP contribution >= 0.6 is 15.9 Å². The largest absolute Gasteiger partial charge is 0.355 e. The summed E-state index contributed by atoms with van der Waals surface area (Å²) < 4.78 is 13.6. The topological polar surface area (TPSA) is 29.1 Å². The number of anilines is 2. The third-order valence-electron chi connectivity index (χ3n) is 2.27. The summed E-state index contributed by atoms with van der Waals surface area (Å²) in [5.74, 6) is -0.291. The third-order valence-corrected chi connectivity index (χ3v) is 2.76. The molecule has 0 radical (unpaired) electrons. The van der Waals surface area contributed by atoms with Crippen molar-refractivity contribution in [3.8, 4) is 0 Å². The monoisotopic (exact) mass is 293 g/mol. The maximum Gasteiger partial charge on any atom is 0.152 e. The first-order valence-electron chi connectivity index (χ1n) is 4.96. The molecule has 0 aliphatic carbocycles. The zero-order valence-corrected chi connectivity index (χ0v) is 10.4. The molecule has 0 aliphatic rings. The van der Waals surface area contributed by atoms with Crippen LogP contribution in [0.5, 0.6) is 0 Å². The van der Waals surface area contributed by atoms with Crippen LogP contribution in [0, 0.1) is 5.82 Å². The number of halogens is 2. The van der Waals surface area contributed by atoms with E-state index in [2.05, 4.69) is 21.2 Å². The maximum atomic E-state index is 12.7. The van der Waals surface area contributed by atoms with E-state index < -0.39 is 0 Å². The van der Waals surface area contributed by atoms with Gasteiger partial charge in [-0.05, 0) is 42.5 Å². The van der Waals surface area contributed by atoms with Crippen LogP contribution in [0.25, 0.3) is 0 Å². The Morgan fingerprint density at radius 2 is 1.82 bits per heavy atom. The molecule has 2 aromatic carbocycles. The van der Waals surface area contributed by atoms with Crippen LogP contribution in [0.3, 0.4) is 0 Å². The summed E-state index contributed by atoms with van der Waals surface area (Å²) in [6, 6.07) is 11.3. The van der Waals surface area contributed by atoms with E-state index in [0.29, 0.717) is 11.3 Å². The van der Waals surface area contributed by atoms with Gasteiger partial charge < -0.3 is 5.32 Å². The Morgan fingerprint density at radius 1 is 1.12 bits per heavy atom. The van der Waals surface area contributed by atoms with Gasteiger partial charge in [-0.25, -0.2) is 4.39 Å². The lowest BCUT2D eigenvalue weighted by molar-refractivity contribution is 0.112. The summed E-state index contributed by atoms with van der Waals surface area (Å²) in [6.45, 7) is 0. The lowest BCUT2D eigenvalue weighted by Crippen LogP contribution is -1.95. The van der Waals surface area contributed by atoms with E-state index >= 15 is 0 Å². The van der Waals surface area contributed by atoms with Crippen LogP contribution in [0.4, 0.5) is 15.8 Å². The molecule has 86 valence electrons. The van der Waals surface area contributed by atoms with Crippen molar-refractivity contribution in [2.45, 2.75) is 0 Å². The standard InChI is InChI=1S/C13H9BrFNO/c14-10-2-1-9(8-17)13(7-10)16-12-5-3-11(15)4-6-12/h1-8,16H. The Balaban J connectivity index is 2.31. The first-order chi connectivity index (χ1) is 8.19. The first kappa shape index (κ1) is 11.8. The van der Waals surface area contributed by atoms with Crippen LogP contribution in [-0.4, -0.2) is 6.29 Å². The number of carbonyl (C=O) groups is 1. The van der Waals surface area contributed by atoms with Crippen molar-refractivity contribution in [2.24, 2.45) is 0 Å². The average Bonchev–Trinajstić information content (AvgIpc) is 2.32. The second-order valence-corrected chi connectivity index (χ2v) is 4.40. The molecular weight excluding hydrogens is 285 g/mol. The minimum Gasteiger partial charge on any atom is -0.355 e. The highest BCUT2D eigenvalue weighted by Crippen LogP contribution is 2.24. The number of carbonyl (C=O) groups excluding carboxylic acids is 1. The van der Waals surface area contributed by atoms with Gasteiger partial charge in [-0.2, -0.15) is 0 Å². The highest BCUT2D eigenvalue weighted by atomic mass is 79.9. The van der Waals surface area contributed by atoms with Gasteiger partial charge in [0.2, 0.25) is 0 Å². The Kier molecular flexibility index (Phi) is 3.54. The first-order valence-corrected chi connectivity index (χ1v) is 5.75. The molecule has 0 atom stereocenters. The maximum absolute atomic E-state index is 12.7. The van der Waals surface area contributed by atoms with Gasteiger partial charge in [0.05, 0.1) is 5.69 Å². The molecule has 0 bridgehead atoms. The molecule has 1 N–H and O–H groups in total. The summed E-state index contributed by atoms with van der Waals surface area (Å²) in [5.41, 5.74) is 1.96. The Morgan fingerprint density at radius 3 is 2.47 bits per heavy atom. The van der Waals surface area contributed by atoms with Crippen LogP contribution in [0.1, 0.15) is 10.4 Å². The normalized spacial score (nSPS) is 10.0. The van der Waals surface area contributed by atoms with Crippen molar-refractivity contribution < 1.29 is 9.18 Å². The molecule has 0 saturated carbocycles. The average molecular weight is 294 g/mol. The van der Waals surface area contributed by atoms with E-state index in [-0.39, 0.29) is 5.82 Å². The van der Waals surface area contributed by atoms with Gasteiger partial charge in [0.15, 0.2) is 6.29 Å². The number of benzene rings is 2. The van der Waals surface area contributed by atoms with Gasteiger partial charge in [0, 0.05) is 15.7 Å². The molecule has 2 nitrogen and oxygen atoms in total. The smallest absolute Gasteiger partial charge is 0.152 e. The van der Waals surface area contributed by atoms with Crippen molar-refractivity contribution in [1.82, 2.24) is 0 Å². The number of nitrogens with one attached hydrogen (secondary N) is 1. The fourth-order valence-electron chi connectivity index (χ4n) is 1.43. The van der Waals surface area contributed by atoms with E-state index in [0.717, 1.165) is 16.4 Å². The van der Waals surface area contributed by atoms with E-state index in [9.17, 15) is 9.18 Å². The van der Waals surface area contributed by atoms with Crippen LogP contribution in [-0.2, 0) is 0 Å². The Hall–Kier alpha value is -1.68. The summed E-state index contributed by atoms with van der Waals surface area (Å²) in [7, 11) is 0. The molecule has 0 spiro atoms. The summed E-state index contributed by atoms with van der Waals surface area (Å²) in [5, 5.41) is 3.06. The van der Waals surface area contributed by atoms with E-state index in [1.165, 1.54) is 12.1 Å². The van der Waals surface area contributed by atoms with Gasteiger partial charge >= 0.3 is 0 Å². The van der Waals surface area contributed by atoms with Crippen LogP contribution < -0.4 is 5.32 Å². The molecule has 0 fully saturated rings. The predicted molar refractivity (Wildman–Crippen MR) is 69.2 cm³/mol. The third kappa shape index (κ3) is 2.91. The highest BCUT2D eigenvalue weighted by molar-refractivity contribution is 9.10. The minimum absolute atomic E-state index is 0.291. The fourth-order valence-corrected chi connectivity index (χ4v) is 1.79. The van der Waals surface area contributed by atoms with Gasteiger partial charge in [0.25, 0.3) is 0 Å². The SMILES string of the molecule is O=Cc1ccc(Br)cc1Nc1ccc(F)cc1. The van der Waals surface area contributed by atoms with Gasteiger partial charge in [-0.3, -0.25) is 4.79 Å². The lowest BCUT2D eigenvalue weighted by Gasteiger charge is -2.09. The van der Waals surface area contributed by atoms with Crippen LogP contribution in [0.2, 0.25) is 0 Å². The summed E-state index contributed by atoms with van der Waals surface area (Å²) >= 11 is 3.33. The molecule has 0 aromatic heterocycles. The molecule has 0 unspecified atom stereocenters. The zero-order chi connectivity index (χ0) is 12.3. The molecule has 0 amide bonds. The van der Waals surface area contributed by atoms with Crippen molar-refractivity contribution in [3.05, 3.63) is 58.3 Å². The van der Waals surface area contributed by atoms with E-state index in [1.807, 2.05) is 0 Å². The van der Waals surface area contributed by atoms with Gasteiger partial charge in [0.1, 0.15) is 5.82 Å². The summed E-state index contributed by atoms with van der Waals surface area (Å²) in [6.07, 6.45) is 0.776. The molecule has 17 heavy (non-hydrogen) atoms. The van der Waals surface area contributed by atoms with Gasteiger partial charge in [-0.1, -0.05) is 15.9 Å². The number of hydrogen-bond donors (Lipinski definition) is 1. The second kappa shape index (κ2) is 5.10. The molecule has 2 rings (SSSR count).